The second-order valence-corrected chi connectivity index (χ2v) is 5.73. The van der Waals surface area contributed by atoms with Gasteiger partial charge in [0.05, 0.1) is 40.0 Å². The maximum atomic E-state index is 15.1. The summed E-state index contributed by atoms with van der Waals surface area (Å²) in [6, 6.07) is 18.5. The molecule has 0 aliphatic carbocycles. The zero-order valence-electron chi connectivity index (χ0n) is 14.2. The Balaban J connectivity index is 2.35. The molecule has 3 aromatic carbocycles. The molecule has 0 saturated heterocycles. The predicted octanol–water partition coefficient (Wildman–Crippen LogP) is 4.79. The summed E-state index contributed by atoms with van der Waals surface area (Å²) >= 11 is 0. The van der Waals surface area contributed by atoms with E-state index in [2.05, 4.69) is 0 Å². The normalized spacial score (nSPS) is 9.64. The van der Waals surface area contributed by atoms with E-state index in [0.29, 0.717) is 11.1 Å². The third kappa shape index (κ3) is 2.93. The summed E-state index contributed by atoms with van der Waals surface area (Å²) in [7, 11) is 0. The highest BCUT2D eigenvalue weighted by Gasteiger charge is 2.26. The van der Waals surface area contributed by atoms with E-state index in [1.54, 1.807) is 12.1 Å². The molecule has 0 amide bonds. The molecular formula is C22H8F2N4. The summed E-state index contributed by atoms with van der Waals surface area (Å²) < 4.78 is 30.2. The van der Waals surface area contributed by atoms with Crippen LogP contribution in [0.5, 0.6) is 0 Å². The van der Waals surface area contributed by atoms with Gasteiger partial charge >= 0.3 is 0 Å². The standard InChI is InChI=1S/C22H8F2N4/c23-21-17(11-27)19(15-5-1-13(9-25)2-6-15)18(12-28)22(24)20(21)16-7-3-14(10-26)4-8-16/h1-8H. The average Bonchev–Trinajstić information content (AvgIpc) is 2.74. The molecule has 0 aromatic heterocycles. The lowest BCUT2D eigenvalue weighted by Gasteiger charge is -2.14. The maximum absolute atomic E-state index is 15.1. The Hall–Kier alpha value is -4.52. The maximum Gasteiger partial charge on any atom is 0.152 e. The van der Waals surface area contributed by atoms with Crippen LogP contribution in [0.2, 0.25) is 0 Å². The molecule has 0 heterocycles. The highest BCUT2D eigenvalue weighted by molar-refractivity contribution is 5.83. The molecule has 0 N–H and O–H groups in total. The van der Waals surface area contributed by atoms with Crippen LogP contribution in [0.1, 0.15) is 22.3 Å². The van der Waals surface area contributed by atoms with Crippen LogP contribution in [-0.4, -0.2) is 0 Å². The van der Waals surface area contributed by atoms with Gasteiger partial charge in [-0.1, -0.05) is 24.3 Å². The third-order valence-electron chi connectivity index (χ3n) is 4.21. The Morgan fingerprint density at radius 1 is 0.500 bits per heavy atom. The van der Waals surface area contributed by atoms with E-state index >= 15 is 8.78 Å². The molecule has 0 bridgehead atoms. The molecule has 4 nitrogen and oxygen atoms in total. The van der Waals surface area contributed by atoms with Crippen molar-refractivity contribution in [3.63, 3.8) is 0 Å². The van der Waals surface area contributed by atoms with Crippen molar-refractivity contribution in [3.05, 3.63) is 82.4 Å². The van der Waals surface area contributed by atoms with Crippen LogP contribution in [-0.2, 0) is 0 Å². The zero-order chi connectivity index (χ0) is 20.3. The van der Waals surface area contributed by atoms with Crippen molar-refractivity contribution in [2.75, 3.05) is 0 Å². The van der Waals surface area contributed by atoms with Crippen molar-refractivity contribution >= 4 is 0 Å². The van der Waals surface area contributed by atoms with E-state index in [0.717, 1.165) is 0 Å². The largest absolute Gasteiger partial charge is 0.205 e. The summed E-state index contributed by atoms with van der Waals surface area (Å²) in [6.45, 7) is 0. The summed E-state index contributed by atoms with van der Waals surface area (Å²) in [5, 5.41) is 36.8. The molecule has 0 aliphatic rings. The van der Waals surface area contributed by atoms with Crippen molar-refractivity contribution in [3.8, 4) is 46.5 Å². The van der Waals surface area contributed by atoms with Crippen molar-refractivity contribution < 1.29 is 8.78 Å². The molecule has 3 rings (SSSR count). The lowest BCUT2D eigenvalue weighted by Crippen LogP contribution is -2.03. The van der Waals surface area contributed by atoms with Gasteiger partial charge in [0.1, 0.15) is 12.1 Å². The van der Waals surface area contributed by atoms with E-state index in [1.807, 2.05) is 12.1 Å². The van der Waals surface area contributed by atoms with E-state index in [1.165, 1.54) is 48.5 Å². The van der Waals surface area contributed by atoms with Gasteiger partial charge in [0.15, 0.2) is 11.6 Å². The number of nitrogens with zero attached hydrogens (tertiary/aromatic N) is 4. The van der Waals surface area contributed by atoms with Gasteiger partial charge in [-0.25, -0.2) is 8.78 Å². The van der Waals surface area contributed by atoms with Crippen LogP contribution in [0.15, 0.2) is 48.5 Å². The summed E-state index contributed by atoms with van der Waals surface area (Å²) in [6.07, 6.45) is 0. The molecule has 0 aliphatic heterocycles. The number of rotatable bonds is 2. The quantitative estimate of drug-likeness (QED) is 0.652. The van der Waals surface area contributed by atoms with Gasteiger partial charge in [0, 0.05) is 5.56 Å². The highest BCUT2D eigenvalue weighted by atomic mass is 19.1. The monoisotopic (exact) mass is 366 g/mol. The first kappa shape index (κ1) is 18.3. The van der Waals surface area contributed by atoms with Gasteiger partial charge in [-0.15, -0.1) is 0 Å². The molecule has 0 unspecified atom stereocenters. The molecule has 0 spiro atoms. The van der Waals surface area contributed by atoms with Gasteiger partial charge in [-0.3, -0.25) is 0 Å². The second kappa shape index (κ2) is 7.38. The lowest BCUT2D eigenvalue weighted by atomic mass is 9.89. The highest BCUT2D eigenvalue weighted by Crippen LogP contribution is 2.38. The summed E-state index contributed by atoms with van der Waals surface area (Å²) in [5.74, 6) is -2.19. The minimum absolute atomic E-state index is 0.105. The van der Waals surface area contributed by atoms with Crippen molar-refractivity contribution in [1.29, 1.82) is 21.0 Å². The van der Waals surface area contributed by atoms with E-state index < -0.39 is 28.3 Å². The fourth-order valence-electron chi connectivity index (χ4n) is 2.87. The Kier molecular flexibility index (Phi) is 4.82. The first-order valence-corrected chi connectivity index (χ1v) is 7.92. The second-order valence-electron chi connectivity index (χ2n) is 5.73. The van der Waals surface area contributed by atoms with E-state index in [-0.39, 0.29) is 16.7 Å². The molecule has 130 valence electrons. The number of hydrogen-bond acceptors (Lipinski definition) is 4. The third-order valence-corrected chi connectivity index (χ3v) is 4.21. The first-order chi connectivity index (χ1) is 13.5. The summed E-state index contributed by atoms with van der Waals surface area (Å²) in [4.78, 5) is 0. The van der Waals surface area contributed by atoms with Gasteiger partial charge in [-0.2, -0.15) is 21.0 Å². The fraction of sp³-hybridized carbons (Fsp3) is 0. The minimum Gasteiger partial charge on any atom is -0.205 e. The Morgan fingerprint density at radius 2 is 0.857 bits per heavy atom. The molecule has 6 heteroatoms. The predicted molar refractivity (Wildman–Crippen MR) is 96.1 cm³/mol. The number of benzene rings is 3. The van der Waals surface area contributed by atoms with Gasteiger partial charge in [-0.05, 0) is 35.4 Å². The Labute approximate surface area is 159 Å². The molecular weight excluding hydrogens is 358 g/mol. The van der Waals surface area contributed by atoms with Gasteiger partial charge < -0.3 is 0 Å². The first-order valence-electron chi connectivity index (χ1n) is 7.92. The van der Waals surface area contributed by atoms with Crippen LogP contribution in [0.4, 0.5) is 8.78 Å². The number of nitriles is 4. The number of hydrogen-bond donors (Lipinski definition) is 0. The lowest BCUT2D eigenvalue weighted by molar-refractivity contribution is 0.586. The zero-order valence-corrected chi connectivity index (χ0v) is 14.2. The minimum atomic E-state index is -1.09. The van der Waals surface area contributed by atoms with Crippen molar-refractivity contribution in [2.45, 2.75) is 0 Å². The van der Waals surface area contributed by atoms with E-state index in [9.17, 15) is 10.5 Å². The Morgan fingerprint density at radius 3 is 1.18 bits per heavy atom. The van der Waals surface area contributed by atoms with E-state index in [4.69, 9.17) is 10.5 Å². The van der Waals surface area contributed by atoms with Crippen LogP contribution in [0.25, 0.3) is 22.3 Å². The summed E-state index contributed by atoms with van der Waals surface area (Å²) in [5.41, 5.74) is -0.624. The van der Waals surface area contributed by atoms with Crippen LogP contribution >= 0.6 is 0 Å². The molecule has 0 saturated carbocycles. The van der Waals surface area contributed by atoms with Gasteiger partial charge in [0.2, 0.25) is 0 Å². The molecule has 3 aromatic rings. The topological polar surface area (TPSA) is 95.2 Å². The van der Waals surface area contributed by atoms with Crippen LogP contribution in [0.3, 0.4) is 0 Å². The van der Waals surface area contributed by atoms with Crippen molar-refractivity contribution in [1.82, 2.24) is 0 Å². The average molecular weight is 366 g/mol. The molecule has 28 heavy (non-hydrogen) atoms. The van der Waals surface area contributed by atoms with Crippen molar-refractivity contribution in [2.24, 2.45) is 0 Å². The Bertz CT molecular complexity index is 1210. The number of halogens is 2. The van der Waals surface area contributed by atoms with Crippen LogP contribution < -0.4 is 0 Å². The SMILES string of the molecule is N#Cc1ccc(-c2c(F)c(C#N)c(-c3ccc(C#N)cc3)c(C#N)c2F)cc1. The molecule has 0 fully saturated rings. The molecule has 0 radical (unpaired) electrons. The smallest absolute Gasteiger partial charge is 0.152 e. The fourth-order valence-corrected chi connectivity index (χ4v) is 2.87. The van der Waals surface area contributed by atoms with Gasteiger partial charge in [0.25, 0.3) is 0 Å². The molecule has 0 atom stereocenters. The van der Waals surface area contributed by atoms with Crippen LogP contribution in [0, 0.1) is 57.0 Å².